The summed E-state index contributed by atoms with van der Waals surface area (Å²) < 4.78 is 39.4. The van der Waals surface area contributed by atoms with Crippen LogP contribution in [0.1, 0.15) is 32.6 Å². The van der Waals surface area contributed by atoms with Crippen molar-refractivity contribution < 1.29 is 26.9 Å². The quantitative estimate of drug-likeness (QED) is 0.425. The van der Waals surface area contributed by atoms with Crippen molar-refractivity contribution >= 4 is 21.6 Å². The minimum absolute atomic E-state index is 0.0969. The Morgan fingerprint density at radius 2 is 2.03 bits per heavy atom. The Morgan fingerprint density at radius 3 is 2.60 bits per heavy atom. The summed E-state index contributed by atoms with van der Waals surface area (Å²) in [6, 6.07) is 5.13. The minimum atomic E-state index is -3.70. The van der Waals surface area contributed by atoms with Gasteiger partial charge in [0.2, 0.25) is 6.29 Å². The van der Waals surface area contributed by atoms with Gasteiger partial charge in [0.15, 0.2) is 5.78 Å². The first-order chi connectivity index (χ1) is 14.0. The van der Waals surface area contributed by atoms with Gasteiger partial charge < -0.3 is 25.0 Å². The highest BCUT2D eigenvalue weighted by atomic mass is 32.2. The molecule has 1 aliphatic heterocycles. The SMILES string of the molecule is CCC(Oc1ccc(OC)cc1N1CCCCC1(N)C(=O)CN(C)C)OS(C)(=O)=O. The lowest BCUT2D eigenvalue weighted by molar-refractivity contribution is -0.125. The van der Waals surface area contributed by atoms with Crippen LogP contribution in [0.5, 0.6) is 11.5 Å². The van der Waals surface area contributed by atoms with Crippen LogP contribution in [0.3, 0.4) is 0 Å². The zero-order valence-electron chi connectivity index (χ0n) is 18.4. The second kappa shape index (κ2) is 9.95. The Bertz CT molecular complexity index is 845. The van der Waals surface area contributed by atoms with E-state index >= 15 is 0 Å². The molecule has 1 fully saturated rings. The highest BCUT2D eigenvalue weighted by molar-refractivity contribution is 7.86. The number of carbonyl (C=O) groups is 1. The fourth-order valence-electron chi connectivity index (χ4n) is 3.49. The van der Waals surface area contributed by atoms with E-state index in [0.29, 0.717) is 36.6 Å². The van der Waals surface area contributed by atoms with Crippen LogP contribution in [0.2, 0.25) is 0 Å². The normalized spacial score (nSPS) is 20.8. The molecule has 0 aromatic heterocycles. The maximum Gasteiger partial charge on any atom is 0.267 e. The van der Waals surface area contributed by atoms with E-state index < -0.39 is 22.1 Å². The molecule has 0 bridgehead atoms. The lowest BCUT2D eigenvalue weighted by Gasteiger charge is -2.45. The summed E-state index contributed by atoms with van der Waals surface area (Å²) in [6.07, 6.45) is 2.49. The number of ether oxygens (including phenoxy) is 2. The van der Waals surface area contributed by atoms with Crippen LogP contribution in [0.25, 0.3) is 0 Å². The summed E-state index contributed by atoms with van der Waals surface area (Å²) in [6.45, 7) is 2.53. The first-order valence-electron chi connectivity index (χ1n) is 9.97. The van der Waals surface area contributed by atoms with Crippen molar-refractivity contribution in [2.24, 2.45) is 5.73 Å². The zero-order chi connectivity index (χ0) is 22.5. The smallest absolute Gasteiger partial charge is 0.267 e. The fraction of sp³-hybridized carbons (Fsp3) is 0.650. The number of nitrogens with two attached hydrogens (primary N) is 1. The van der Waals surface area contributed by atoms with E-state index in [2.05, 4.69) is 0 Å². The molecule has 2 unspecified atom stereocenters. The Balaban J connectivity index is 2.47. The van der Waals surface area contributed by atoms with E-state index in [-0.39, 0.29) is 12.3 Å². The molecule has 10 heteroatoms. The number of benzene rings is 1. The number of methoxy groups -OCH3 is 1. The summed E-state index contributed by atoms with van der Waals surface area (Å²) in [5.74, 6) is 0.850. The molecule has 0 saturated carbocycles. The maximum atomic E-state index is 13.1. The summed E-state index contributed by atoms with van der Waals surface area (Å²) >= 11 is 0. The first kappa shape index (κ1) is 24.4. The van der Waals surface area contributed by atoms with Crippen LogP contribution in [0, 0.1) is 0 Å². The number of rotatable bonds is 10. The molecule has 170 valence electrons. The minimum Gasteiger partial charge on any atom is -0.497 e. The van der Waals surface area contributed by atoms with E-state index in [1.165, 1.54) is 0 Å². The molecule has 1 saturated heterocycles. The van der Waals surface area contributed by atoms with Gasteiger partial charge in [-0.1, -0.05) is 6.92 Å². The van der Waals surface area contributed by atoms with Crippen molar-refractivity contribution in [1.82, 2.24) is 4.90 Å². The van der Waals surface area contributed by atoms with Crippen molar-refractivity contribution in [3.05, 3.63) is 18.2 Å². The summed E-state index contributed by atoms with van der Waals surface area (Å²) in [7, 11) is 1.49. The van der Waals surface area contributed by atoms with Gasteiger partial charge in [-0.2, -0.15) is 8.42 Å². The highest BCUT2D eigenvalue weighted by Gasteiger charge is 2.43. The Kier molecular flexibility index (Phi) is 8.09. The predicted molar refractivity (Wildman–Crippen MR) is 115 cm³/mol. The second-order valence-corrected chi connectivity index (χ2v) is 9.38. The standard InChI is InChI=1S/C20H33N3O6S/c1-6-19(29-30(5,25)26)28-17-10-9-15(27-4)13-16(17)23-12-8-7-11-20(23,21)18(24)14-22(2)3/h9-10,13,19H,6-8,11-12,14,21H2,1-5H3. The van der Waals surface area contributed by atoms with Crippen LogP contribution in [-0.4, -0.2) is 71.6 Å². The van der Waals surface area contributed by atoms with E-state index in [9.17, 15) is 13.2 Å². The third-order valence-electron chi connectivity index (χ3n) is 4.94. The first-order valence-corrected chi connectivity index (χ1v) is 11.8. The van der Waals surface area contributed by atoms with Gasteiger partial charge in [0.1, 0.15) is 17.2 Å². The van der Waals surface area contributed by atoms with Gasteiger partial charge in [-0.3, -0.25) is 4.79 Å². The molecule has 1 aliphatic rings. The Labute approximate surface area is 179 Å². The lowest BCUT2D eigenvalue weighted by atomic mass is 9.90. The molecule has 30 heavy (non-hydrogen) atoms. The van der Waals surface area contributed by atoms with Gasteiger partial charge in [-0.15, -0.1) is 0 Å². The van der Waals surface area contributed by atoms with E-state index in [4.69, 9.17) is 19.4 Å². The molecular formula is C20H33N3O6S. The number of nitrogens with zero attached hydrogens (tertiary/aromatic N) is 2. The molecule has 2 N–H and O–H groups in total. The van der Waals surface area contributed by atoms with Crippen LogP contribution in [0.15, 0.2) is 18.2 Å². The fourth-order valence-corrected chi connectivity index (χ4v) is 4.06. The van der Waals surface area contributed by atoms with Crippen molar-refractivity contribution in [1.29, 1.82) is 0 Å². The zero-order valence-corrected chi connectivity index (χ0v) is 19.2. The Morgan fingerprint density at radius 1 is 1.33 bits per heavy atom. The number of anilines is 1. The third kappa shape index (κ3) is 6.07. The van der Waals surface area contributed by atoms with Crippen LogP contribution >= 0.6 is 0 Å². The molecule has 1 aromatic rings. The number of hydrogen-bond donors (Lipinski definition) is 1. The summed E-state index contributed by atoms with van der Waals surface area (Å²) in [5.41, 5.74) is 6.05. The van der Waals surface area contributed by atoms with Gasteiger partial charge in [0, 0.05) is 19.0 Å². The molecule has 0 amide bonds. The van der Waals surface area contributed by atoms with E-state index in [1.807, 2.05) is 19.0 Å². The molecule has 2 atom stereocenters. The lowest BCUT2D eigenvalue weighted by Crippen LogP contribution is -2.65. The second-order valence-electron chi connectivity index (χ2n) is 7.78. The Hall–Kier alpha value is -1.88. The van der Waals surface area contributed by atoms with E-state index in [0.717, 1.165) is 19.1 Å². The summed E-state index contributed by atoms with van der Waals surface area (Å²) in [4.78, 5) is 16.7. The number of ketones is 1. The maximum absolute atomic E-state index is 13.1. The largest absolute Gasteiger partial charge is 0.497 e. The van der Waals surface area contributed by atoms with Crippen LogP contribution < -0.4 is 20.1 Å². The molecule has 0 spiro atoms. The van der Waals surface area contributed by atoms with Crippen LogP contribution in [0.4, 0.5) is 5.69 Å². The van der Waals surface area contributed by atoms with Crippen molar-refractivity contribution in [2.75, 3.05) is 45.5 Å². The highest BCUT2D eigenvalue weighted by Crippen LogP contribution is 2.39. The number of carbonyl (C=O) groups excluding carboxylic acids is 1. The molecule has 2 rings (SSSR count). The molecule has 1 heterocycles. The van der Waals surface area contributed by atoms with Gasteiger partial charge in [-0.25, -0.2) is 4.18 Å². The molecule has 9 nitrogen and oxygen atoms in total. The molecular weight excluding hydrogens is 410 g/mol. The van der Waals surface area contributed by atoms with Gasteiger partial charge in [0.05, 0.1) is 25.6 Å². The van der Waals surface area contributed by atoms with Gasteiger partial charge in [0.25, 0.3) is 10.1 Å². The third-order valence-corrected chi connectivity index (χ3v) is 5.51. The van der Waals surface area contributed by atoms with Crippen molar-refractivity contribution in [2.45, 2.75) is 44.6 Å². The number of piperidine rings is 1. The monoisotopic (exact) mass is 443 g/mol. The average Bonchev–Trinajstić information content (AvgIpc) is 2.66. The average molecular weight is 444 g/mol. The number of likely N-dealkylation sites (N-methyl/N-ethyl adjacent to an activating group) is 1. The van der Waals surface area contributed by atoms with Crippen molar-refractivity contribution in [3.8, 4) is 11.5 Å². The molecule has 0 aliphatic carbocycles. The predicted octanol–water partition coefficient (Wildman–Crippen LogP) is 1.56. The number of Topliss-reactive ketones (excluding diaryl/α,β-unsaturated/α-hetero) is 1. The topological polar surface area (TPSA) is 111 Å². The molecule has 1 aromatic carbocycles. The van der Waals surface area contributed by atoms with Crippen LogP contribution in [-0.2, 0) is 19.1 Å². The van der Waals surface area contributed by atoms with Crippen molar-refractivity contribution in [3.63, 3.8) is 0 Å². The van der Waals surface area contributed by atoms with E-state index in [1.54, 1.807) is 37.1 Å². The number of hydrogen-bond acceptors (Lipinski definition) is 9. The van der Waals surface area contributed by atoms with Gasteiger partial charge in [-0.05, 0) is 45.5 Å². The van der Waals surface area contributed by atoms with Gasteiger partial charge >= 0.3 is 0 Å². The summed E-state index contributed by atoms with van der Waals surface area (Å²) in [5, 5.41) is 0. The molecule has 0 radical (unpaired) electrons.